The Morgan fingerprint density at radius 2 is 2.21 bits per heavy atom. The number of aromatic nitrogens is 2. The van der Waals surface area contributed by atoms with Crippen LogP contribution >= 0.6 is 22.9 Å². The predicted molar refractivity (Wildman–Crippen MR) is 76.3 cm³/mol. The van der Waals surface area contributed by atoms with Crippen molar-refractivity contribution in [2.75, 3.05) is 13.2 Å². The van der Waals surface area contributed by atoms with Crippen LogP contribution in [0.4, 0.5) is 0 Å². The van der Waals surface area contributed by atoms with Crippen LogP contribution in [-0.2, 0) is 11.2 Å². The highest BCUT2D eigenvalue weighted by Crippen LogP contribution is 2.32. The van der Waals surface area contributed by atoms with E-state index in [1.807, 2.05) is 0 Å². The molecule has 3 rings (SSSR count). The van der Waals surface area contributed by atoms with Crippen molar-refractivity contribution in [2.45, 2.75) is 32.3 Å². The van der Waals surface area contributed by atoms with Crippen LogP contribution in [0.3, 0.4) is 0 Å². The number of hydrogen-bond donors (Lipinski definition) is 0. The summed E-state index contributed by atoms with van der Waals surface area (Å²) in [6.07, 6.45) is 2.94. The number of nitrogens with zero attached hydrogens (tertiary/aromatic N) is 2. The van der Waals surface area contributed by atoms with E-state index < -0.39 is 0 Å². The smallest absolute Gasteiger partial charge is 0.227 e. The van der Waals surface area contributed by atoms with Crippen molar-refractivity contribution in [3.05, 3.63) is 16.2 Å². The van der Waals surface area contributed by atoms with Gasteiger partial charge in [-0.2, -0.15) is 4.98 Å². The van der Waals surface area contributed by atoms with Crippen molar-refractivity contribution in [3.8, 4) is 5.88 Å². The average molecular weight is 299 g/mol. The van der Waals surface area contributed by atoms with Gasteiger partial charge in [0.05, 0.1) is 18.6 Å². The number of fused-ring (bicyclic) bond motifs is 1. The number of thiophene rings is 1. The third-order valence-electron chi connectivity index (χ3n) is 3.18. The molecule has 3 heterocycles. The number of hydrogen-bond acceptors (Lipinski definition) is 5. The van der Waals surface area contributed by atoms with Gasteiger partial charge in [-0.3, -0.25) is 0 Å². The Bertz CT molecular complexity index is 581. The van der Waals surface area contributed by atoms with E-state index in [9.17, 15) is 0 Å². The zero-order valence-corrected chi connectivity index (χ0v) is 12.3. The molecule has 0 aromatic carbocycles. The maximum atomic E-state index is 6.00. The van der Waals surface area contributed by atoms with Crippen molar-refractivity contribution >= 4 is 33.2 Å². The number of rotatable bonds is 3. The second-order valence-electron chi connectivity index (χ2n) is 4.51. The summed E-state index contributed by atoms with van der Waals surface area (Å²) in [5.74, 6) is 0.609. The summed E-state index contributed by atoms with van der Waals surface area (Å²) in [5, 5.41) is 1.22. The van der Waals surface area contributed by atoms with Gasteiger partial charge in [0.2, 0.25) is 11.2 Å². The number of halogens is 1. The third kappa shape index (κ3) is 2.83. The van der Waals surface area contributed by atoms with Crippen LogP contribution in [0, 0.1) is 0 Å². The van der Waals surface area contributed by atoms with Crippen molar-refractivity contribution in [3.63, 3.8) is 0 Å². The maximum Gasteiger partial charge on any atom is 0.227 e. The van der Waals surface area contributed by atoms with Gasteiger partial charge in [0, 0.05) is 17.7 Å². The zero-order valence-electron chi connectivity index (χ0n) is 10.7. The molecule has 1 saturated heterocycles. The Balaban J connectivity index is 1.94. The Morgan fingerprint density at radius 1 is 1.42 bits per heavy atom. The van der Waals surface area contributed by atoms with E-state index in [1.54, 1.807) is 11.3 Å². The second-order valence-corrected chi connectivity index (χ2v) is 5.97. The molecule has 0 unspecified atom stereocenters. The van der Waals surface area contributed by atoms with Gasteiger partial charge in [0.25, 0.3) is 0 Å². The highest BCUT2D eigenvalue weighted by Gasteiger charge is 2.19. The topological polar surface area (TPSA) is 44.2 Å². The van der Waals surface area contributed by atoms with E-state index in [1.165, 1.54) is 4.88 Å². The fourth-order valence-electron chi connectivity index (χ4n) is 2.14. The number of aryl methyl sites for hydroxylation is 1. The quantitative estimate of drug-likeness (QED) is 0.814. The zero-order chi connectivity index (χ0) is 13.2. The largest absolute Gasteiger partial charge is 0.474 e. The maximum absolute atomic E-state index is 6.00. The Morgan fingerprint density at radius 3 is 2.95 bits per heavy atom. The van der Waals surface area contributed by atoms with Crippen molar-refractivity contribution in [2.24, 2.45) is 0 Å². The van der Waals surface area contributed by atoms with E-state index >= 15 is 0 Å². The molecule has 0 N–H and O–H groups in total. The van der Waals surface area contributed by atoms with Crippen LogP contribution in [0.5, 0.6) is 5.88 Å². The Hall–Kier alpha value is -0.910. The molecule has 102 valence electrons. The van der Waals surface area contributed by atoms with E-state index in [-0.39, 0.29) is 11.4 Å². The lowest BCUT2D eigenvalue weighted by molar-refractivity contribution is 0.0244. The van der Waals surface area contributed by atoms with E-state index in [2.05, 4.69) is 23.0 Å². The molecule has 1 fully saturated rings. The van der Waals surface area contributed by atoms with Gasteiger partial charge < -0.3 is 9.47 Å². The first-order chi connectivity index (χ1) is 9.26. The van der Waals surface area contributed by atoms with Crippen molar-refractivity contribution < 1.29 is 9.47 Å². The summed E-state index contributed by atoms with van der Waals surface area (Å²) in [6.45, 7) is 3.62. The standard InChI is InChI=1S/C13H15ClN2O2S/c1-2-9-7-10-11(15-13(14)16-12(10)19-9)18-8-3-5-17-6-4-8/h7-8H,2-6H2,1H3. The van der Waals surface area contributed by atoms with Gasteiger partial charge in [-0.25, -0.2) is 4.98 Å². The summed E-state index contributed by atoms with van der Waals surface area (Å²) in [4.78, 5) is 10.7. The predicted octanol–water partition coefficient (Wildman–Crippen LogP) is 3.46. The van der Waals surface area contributed by atoms with E-state index in [0.29, 0.717) is 5.88 Å². The molecule has 2 aromatic rings. The van der Waals surface area contributed by atoms with Crippen molar-refractivity contribution in [1.82, 2.24) is 9.97 Å². The van der Waals surface area contributed by atoms with Crippen LogP contribution < -0.4 is 4.74 Å². The van der Waals surface area contributed by atoms with Crippen LogP contribution in [0.2, 0.25) is 5.28 Å². The minimum absolute atomic E-state index is 0.160. The molecule has 19 heavy (non-hydrogen) atoms. The van der Waals surface area contributed by atoms with Gasteiger partial charge in [0.1, 0.15) is 10.9 Å². The van der Waals surface area contributed by atoms with Gasteiger partial charge in [-0.05, 0) is 24.1 Å². The highest BCUT2D eigenvalue weighted by atomic mass is 35.5. The fourth-order valence-corrected chi connectivity index (χ4v) is 3.31. The second kappa shape index (κ2) is 5.61. The van der Waals surface area contributed by atoms with Gasteiger partial charge >= 0.3 is 0 Å². The van der Waals surface area contributed by atoms with Crippen molar-refractivity contribution in [1.29, 1.82) is 0 Å². The molecule has 0 atom stereocenters. The third-order valence-corrected chi connectivity index (χ3v) is 4.52. The summed E-state index contributed by atoms with van der Waals surface area (Å²) < 4.78 is 11.3. The summed E-state index contributed by atoms with van der Waals surface area (Å²) in [6, 6.07) is 2.10. The monoisotopic (exact) mass is 298 g/mol. The Kier molecular flexibility index (Phi) is 3.86. The SMILES string of the molecule is CCc1cc2c(OC3CCOCC3)nc(Cl)nc2s1. The van der Waals surface area contributed by atoms with E-state index in [0.717, 1.165) is 42.7 Å². The minimum Gasteiger partial charge on any atom is -0.474 e. The normalized spacial score (nSPS) is 16.9. The van der Waals surface area contributed by atoms with Crippen LogP contribution in [-0.4, -0.2) is 29.3 Å². The highest BCUT2D eigenvalue weighted by molar-refractivity contribution is 7.18. The first-order valence-electron chi connectivity index (χ1n) is 6.46. The lowest BCUT2D eigenvalue weighted by atomic mass is 10.1. The molecular formula is C13H15ClN2O2S. The molecule has 2 aromatic heterocycles. The molecule has 1 aliphatic rings. The first-order valence-corrected chi connectivity index (χ1v) is 7.66. The summed E-state index contributed by atoms with van der Waals surface area (Å²) in [5.41, 5.74) is 0. The minimum atomic E-state index is 0.160. The molecule has 0 radical (unpaired) electrons. The Labute approximate surface area is 120 Å². The lowest BCUT2D eigenvalue weighted by Gasteiger charge is -2.22. The van der Waals surface area contributed by atoms with Crippen LogP contribution in [0.25, 0.3) is 10.2 Å². The molecule has 6 heteroatoms. The van der Waals surface area contributed by atoms with Gasteiger partial charge in [-0.15, -0.1) is 11.3 Å². The summed E-state index contributed by atoms with van der Waals surface area (Å²) >= 11 is 7.62. The molecule has 0 spiro atoms. The van der Waals surface area contributed by atoms with Crippen LogP contribution in [0.15, 0.2) is 6.07 Å². The average Bonchev–Trinajstić information content (AvgIpc) is 2.83. The molecule has 0 amide bonds. The van der Waals surface area contributed by atoms with Gasteiger partial charge in [0.15, 0.2) is 0 Å². The first kappa shape index (κ1) is 13.1. The molecule has 0 aliphatic carbocycles. The molecule has 4 nitrogen and oxygen atoms in total. The number of ether oxygens (including phenoxy) is 2. The molecular weight excluding hydrogens is 284 g/mol. The summed E-state index contributed by atoms with van der Waals surface area (Å²) in [7, 11) is 0. The lowest BCUT2D eigenvalue weighted by Crippen LogP contribution is -2.26. The van der Waals surface area contributed by atoms with Gasteiger partial charge in [-0.1, -0.05) is 6.92 Å². The van der Waals surface area contributed by atoms with Crippen LogP contribution in [0.1, 0.15) is 24.6 Å². The molecule has 0 saturated carbocycles. The molecule has 1 aliphatic heterocycles. The molecule has 0 bridgehead atoms. The van der Waals surface area contributed by atoms with E-state index in [4.69, 9.17) is 21.1 Å². The fraction of sp³-hybridized carbons (Fsp3) is 0.538.